The van der Waals surface area contributed by atoms with E-state index in [0.717, 1.165) is 10.0 Å². The van der Waals surface area contributed by atoms with Crippen LogP contribution in [0.3, 0.4) is 0 Å². The van der Waals surface area contributed by atoms with Gasteiger partial charge < -0.3 is 14.5 Å². The highest BCUT2D eigenvalue weighted by Crippen LogP contribution is 2.27. The third kappa shape index (κ3) is 5.13. The van der Waals surface area contributed by atoms with Crippen LogP contribution >= 0.6 is 15.9 Å². The summed E-state index contributed by atoms with van der Waals surface area (Å²) in [6, 6.07) is 7.15. The lowest BCUT2D eigenvalue weighted by atomic mass is 10.2. The molecule has 2 aromatic rings. The largest absolute Gasteiger partial charge is 0.493 e. The van der Waals surface area contributed by atoms with Crippen LogP contribution in [0.1, 0.15) is 29.9 Å². The van der Waals surface area contributed by atoms with Gasteiger partial charge in [-0.2, -0.15) is 5.10 Å². The van der Waals surface area contributed by atoms with Crippen molar-refractivity contribution in [3.8, 4) is 11.5 Å². The molecule has 0 atom stereocenters. The first-order valence-corrected chi connectivity index (χ1v) is 8.27. The molecule has 0 spiro atoms. The number of aromatic nitrogens is 1. The summed E-state index contributed by atoms with van der Waals surface area (Å²) in [6.07, 6.45) is 3.23. The first-order valence-electron chi connectivity index (χ1n) is 7.47. The van der Waals surface area contributed by atoms with E-state index in [1.807, 2.05) is 12.1 Å². The summed E-state index contributed by atoms with van der Waals surface area (Å²) in [4.78, 5) is 14.7. The van der Waals surface area contributed by atoms with Crippen molar-refractivity contribution in [3.63, 3.8) is 0 Å². The molecule has 1 aromatic heterocycles. The van der Waals surface area contributed by atoms with Crippen LogP contribution in [0.4, 0.5) is 0 Å². The number of nitrogens with one attached hydrogen (secondary N) is 2. The number of hydrogen-bond acceptors (Lipinski definition) is 4. The van der Waals surface area contributed by atoms with Gasteiger partial charge in [-0.15, -0.1) is 0 Å². The lowest BCUT2D eigenvalue weighted by molar-refractivity contribution is 0.0951. The number of rotatable bonds is 7. The third-order valence-electron chi connectivity index (χ3n) is 3.03. The van der Waals surface area contributed by atoms with Gasteiger partial charge in [0.1, 0.15) is 5.69 Å². The number of methoxy groups -OCH3 is 1. The number of carbonyl (C=O) groups is 1. The van der Waals surface area contributed by atoms with Gasteiger partial charge in [-0.25, -0.2) is 5.43 Å². The van der Waals surface area contributed by atoms with Crippen LogP contribution in [0, 0.1) is 5.92 Å². The maximum Gasteiger partial charge on any atom is 0.287 e. The van der Waals surface area contributed by atoms with Gasteiger partial charge >= 0.3 is 0 Å². The summed E-state index contributed by atoms with van der Waals surface area (Å²) < 4.78 is 11.8. The highest BCUT2D eigenvalue weighted by atomic mass is 79.9. The molecule has 128 valence electrons. The monoisotopic (exact) mass is 393 g/mol. The summed E-state index contributed by atoms with van der Waals surface area (Å²) in [5.41, 5.74) is 3.67. The SMILES string of the molecule is COc1cc(/C=N\NC(=O)c2cc(Br)c[nH]2)ccc1OCC(C)C. The number of nitrogens with zero attached hydrogens (tertiary/aromatic N) is 1. The Morgan fingerprint density at radius 3 is 2.79 bits per heavy atom. The summed E-state index contributed by atoms with van der Waals surface area (Å²) in [5, 5.41) is 3.95. The molecule has 24 heavy (non-hydrogen) atoms. The van der Waals surface area contributed by atoms with Crippen LogP contribution in [-0.2, 0) is 0 Å². The number of hydrogen-bond donors (Lipinski definition) is 2. The van der Waals surface area contributed by atoms with Crippen LogP contribution < -0.4 is 14.9 Å². The fourth-order valence-corrected chi connectivity index (χ4v) is 2.21. The van der Waals surface area contributed by atoms with Crippen molar-refractivity contribution in [1.29, 1.82) is 0 Å². The number of ether oxygens (including phenoxy) is 2. The molecule has 0 saturated carbocycles. The van der Waals surface area contributed by atoms with E-state index in [2.05, 4.69) is 45.3 Å². The minimum atomic E-state index is -0.319. The average molecular weight is 394 g/mol. The topological polar surface area (TPSA) is 75.7 Å². The highest BCUT2D eigenvalue weighted by molar-refractivity contribution is 9.10. The standard InChI is InChI=1S/C17H20BrN3O3/c1-11(2)10-24-15-5-4-12(6-16(15)23-3)8-20-21-17(22)14-7-13(18)9-19-14/h4-9,11,19H,10H2,1-3H3,(H,21,22)/b20-8-. The van der Waals surface area contributed by atoms with E-state index in [1.165, 1.54) is 0 Å². The molecule has 0 bridgehead atoms. The van der Waals surface area contributed by atoms with E-state index >= 15 is 0 Å². The highest BCUT2D eigenvalue weighted by Gasteiger charge is 2.07. The van der Waals surface area contributed by atoms with Crippen molar-refractivity contribution in [3.05, 3.63) is 46.2 Å². The fraction of sp³-hybridized carbons (Fsp3) is 0.294. The third-order valence-corrected chi connectivity index (χ3v) is 3.49. The molecule has 1 aromatic carbocycles. The Bertz CT molecular complexity index is 726. The zero-order chi connectivity index (χ0) is 17.5. The number of aromatic amines is 1. The van der Waals surface area contributed by atoms with Crippen molar-refractivity contribution < 1.29 is 14.3 Å². The molecule has 7 heteroatoms. The quantitative estimate of drug-likeness (QED) is 0.557. The van der Waals surface area contributed by atoms with Crippen molar-refractivity contribution in [2.75, 3.05) is 13.7 Å². The molecular weight excluding hydrogens is 374 g/mol. The van der Waals surface area contributed by atoms with E-state index in [1.54, 1.807) is 31.7 Å². The number of benzene rings is 1. The molecule has 0 unspecified atom stereocenters. The van der Waals surface area contributed by atoms with Gasteiger partial charge in [0.2, 0.25) is 0 Å². The normalized spacial score (nSPS) is 11.0. The molecular formula is C17H20BrN3O3. The second kappa shape index (κ2) is 8.54. The predicted molar refractivity (Wildman–Crippen MR) is 96.9 cm³/mol. The molecule has 0 fully saturated rings. The van der Waals surface area contributed by atoms with Crippen LogP contribution in [0.2, 0.25) is 0 Å². The molecule has 0 saturated heterocycles. The second-order valence-corrected chi connectivity index (χ2v) is 6.46. The minimum Gasteiger partial charge on any atom is -0.493 e. The maximum absolute atomic E-state index is 11.9. The summed E-state index contributed by atoms with van der Waals surface area (Å²) in [6.45, 7) is 4.78. The van der Waals surface area contributed by atoms with Gasteiger partial charge in [0.25, 0.3) is 5.91 Å². The molecule has 6 nitrogen and oxygen atoms in total. The van der Waals surface area contributed by atoms with Crippen molar-refractivity contribution in [2.24, 2.45) is 11.0 Å². The van der Waals surface area contributed by atoms with Crippen LogP contribution in [0.5, 0.6) is 11.5 Å². The maximum atomic E-state index is 11.9. The van der Waals surface area contributed by atoms with Crippen LogP contribution in [-0.4, -0.2) is 30.8 Å². The van der Waals surface area contributed by atoms with Crippen molar-refractivity contribution >= 4 is 28.1 Å². The number of halogens is 1. The minimum absolute atomic E-state index is 0.319. The molecule has 1 amide bonds. The molecule has 2 rings (SSSR count). The molecule has 2 N–H and O–H groups in total. The van der Waals surface area contributed by atoms with E-state index in [-0.39, 0.29) is 5.91 Å². The second-order valence-electron chi connectivity index (χ2n) is 5.55. The lowest BCUT2D eigenvalue weighted by Gasteiger charge is -2.12. The van der Waals surface area contributed by atoms with Crippen LogP contribution in [0.25, 0.3) is 0 Å². The smallest absolute Gasteiger partial charge is 0.287 e. The number of H-pyrrole nitrogens is 1. The molecule has 1 heterocycles. The van der Waals surface area contributed by atoms with E-state index < -0.39 is 0 Å². The van der Waals surface area contributed by atoms with E-state index in [4.69, 9.17) is 9.47 Å². The number of hydrazone groups is 1. The van der Waals surface area contributed by atoms with E-state index in [0.29, 0.717) is 29.7 Å². The van der Waals surface area contributed by atoms with E-state index in [9.17, 15) is 4.79 Å². The zero-order valence-electron chi connectivity index (χ0n) is 13.8. The summed E-state index contributed by atoms with van der Waals surface area (Å²) >= 11 is 3.27. The van der Waals surface area contributed by atoms with Gasteiger partial charge in [-0.05, 0) is 51.7 Å². The van der Waals surface area contributed by atoms with Crippen molar-refractivity contribution in [2.45, 2.75) is 13.8 Å². The Hall–Kier alpha value is -2.28. The summed E-state index contributed by atoms with van der Waals surface area (Å²) in [5.74, 6) is 1.42. The number of carbonyl (C=O) groups excluding carboxylic acids is 1. The Morgan fingerprint density at radius 1 is 1.38 bits per heavy atom. The van der Waals surface area contributed by atoms with Gasteiger partial charge in [-0.1, -0.05) is 13.8 Å². The van der Waals surface area contributed by atoms with Gasteiger partial charge in [0.15, 0.2) is 11.5 Å². The Kier molecular flexibility index (Phi) is 6.43. The summed E-state index contributed by atoms with van der Waals surface area (Å²) in [7, 11) is 1.59. The van der Waals surface area contributed by atoms with Gasteiger partial charge in [0.05, 0.1) is 19.9 Å². The fourth-order valence-electron chi connectivity index (χ4n) is 1.86. The Morgan fingerprint density at radius 2 is 2.17 bits per heavy atom. The molecule has 0 aliphatic heterocycles. The molecule has 0 aliphatic carbocycles. The van der Waals surface area contributed by atoms with Crippen LogP contribution in [0.15, 0.2) is 40.0 Å². The zero-order valence-corrected chi connectivity index (χ0v) is 15.4. The van der Waals surface area contributed by atoms with Gasteiger partial charge in [0, 0.05) is 10.7 Å². The van der Waals surface area contributed by atoms with Gasteiger partial charge in [-0.3, -0.25) is 4.79 Å². The lowest BCUT2D eigenvalue weighted by Crippen LogP contribution is -2.17. The van der Waals surface area contributed by atoms with Crippen molar-refractivity contribution in [1.82, 2.24) is 10.4 Å². The Labute approximate surface area is 149 Å². The average Bonchev–Trinajstić information content (AvgIpc) is 2.99. The first-order chi connectivity index (χ1) is 11.5. The molecule has 0 aliphatic rings. The molecule has 0 radical (unpaired) electrons. The predicted octanol–water partition coefficient (Wildman–Crippen LogP) is 3.58. The number of amides is 1. The Balaban J connectivity index is 2.00. The first kappa shape index (κ1) is 18.1.